The van der Waals surface area contributed by atoms with Crippen molar-refractivity contribution in [2.24, 2.45) is 0 Å². The van der Waals surface area contributed by atoms with Crippen molar-refractivity contribution < 1.29 is 4.79 Å². The van der Waals surface area contributed by atoms with Gasteiger partial charge in [-0.05, 0) is 37.4 Å². The molecule has 130 valence electrons. The second-order valence-corrected chi connectivity index (χ2v) is 6.91. The molecule has 2 aliphatic rings. The van der Waals surface area contributed by atoms with Gasteiger partial charge >= 0.3 is 0 Å². The van der Waals surface area contributed by atoms with Crippen molar-refractivity contribution in [3.63, 3.8) is 0 Å². The van der Waals surface area contributed by atoms with E-state index in [1.54, 1.807) is 18.2 Å². The van der Waals surface area contributed by atoms with Crippen LogP contribution < -0.4 is 10.5 Å². The molecule has 0 saturated carbocycles. The highest BCUT2D eigenvalue weighted by atomic mass is 16.1. The van der Waals surface area contributed by atoms with Gasteiger partial charge in [0.1, 0.15) is 0 Å². The van der Waals surface area contributed by atoms with Crippen molar-refractivity contribution >= 4 is 22.4 Å². The van der Waals surface area contributed by atoms with Gasteiger partial charge in [0.15, 0.2) is 5.82 Å². The summed E-state index contributed by atoms with van der Waals surface area (Å²) in [6.45, 7) is 3.87. The number of nitrogens with zero attached hydrogens (tertiary/aromatic N) is 4. The highest BCUT2D eigenvalue weighted by molar-refractivity contribution is 6.13. The topological polar surface area (TPSA) is 58.4 Å². The second-order valence-electron chi connectivity index (χ2n) is 6.91. The Kier molecular flexibility index (Phi) is 3.24. The number of piperazine rings is 1. The van der Waals surface area contributed by atoms with Gasteiger partial charge in [0.25, 0.3) is 5.56 Å². The van der Waals surface area contributed by atoms with Gasteiger partial charge in [-0.15, -0.1) is 0 Å². The number of anilines is 1. The fourth-order valence-electron chi connectivity index (χ4n) is 3.79. The van der Waals surface area contributed by atoms with E-state index in [0.717, 1.165) is 31.9 Å². The Morgan fingerprint density at radius 1 is 0.962 bits per heavy atom. The summed E-state index contributed by atoms with van der Waals surface area (Å²) in [4.78, 5) is 34.8. The number of fused-ring (bicyclic) bond motifs is 4. The Bertz CT molecular complexity index is 1110. The van der Waals surface area contributed by atoms with E-state index in [9.17, 15) is 9.59 Å². The first-order chi connectivity index (χ1) is 12.6. The Hall–Kier alpha value is -2.99. The molecule has 6 heteroatoms. The Labute approximate surface area is 150 Å². The monoisotopic (exact) mass is 346 g/mol. The van der Waals surface area contributed by atoms with Crippen molar-refractivity contribution in [3.05, 3.63) is 64.2 Å². The average molecular weight is 346 g/mol. The molecule has 0 N–H and O–H groups in total. The fourth-order valence-corrected chi connectivity index (χ4v) is 3.79. The summed E-state index contributed by atoms with van der Waals surface area (Å²) in [5.74, 6) is 0.0128. The molecular weight excluding hydrogens is 328 g/mol. The van der Waals surface area contributed by atoms with Gasteiger partial charge in [-0.2, -0.15) is 0 Å². The standard InChI is InChI=1S/C20H18N4O2/c1-22-8-10-23(11-9-22)13-6-7-16-15(12-13)20(26)24-17-5-3-2-4-14(17)18(25)19(24)21-16/h2-7,12H,8-11H2,1H3. The maximum Gasteiger partial charge on any atom is 0.266 e. The lowest BCUT2D eigenvalue weighted by Crippen LogP contribution is -2.44. The number of aromatic nitrogens is 2. The minimum atomic E-state index is -0.192. The number of benzene rings is 2. The van der Waals surface area contributed by atoms with Crippen LogP contribution in [0.2, 0.25) is 0 Å². The van der Waals surface area contributed by atoms with E-state index in [4.69, 9.17) is 0 Å². The molecule has 0 radical (unpaired) electrons. The molecule has 0 atom stereocenters. The van der Waals surface area contributed by atoms with Crippen molar-refractivity contribution in [3.8, 4) is 5.69 Å². The molecule has 0 unspecified atom stereocenters. The third-order valence-electron chi connectivity index (χ3n) is 5.31. The van der Waals surface area contributed by atoms with E-state index in [2.05, 4.69) is 21.8 Å². The van der Waals surface area contributed by atoms with Crippen LogP contribution in [-0.4, -0.2) is 53.5 Å². The molecule has 1 saturated heterocycles. The first-order valence-corrected chi connectivity index (χ1v) is 8.78. The number of likely N-dealkylation sites (N-methyl/N-ethyl adjacent to an activating group) is 1. The lowest BCUT2D eigenvalue weighted by Gasteiger charge is -2.34. The summed E-state index contributed by atoms with van der Waals surface area (Å²) in [6.07, 6.45) is 0. The van der Waals surface area contributed by atoms with Gasteiger partial charge in [0.05, 0.1) is 22.2 Å². The van der Waals surface area contributed by atoms with E-state index < -0.39 is 0 Å². The van der Waals surface area contributed by atoms with Crippen LogP contribution in [0.3, 0.4) is 0 Å². The van der Waals surface area contributed by atoms with Crippen LogP contribution >= 0.6 is 0 Å². The number of para-hydroxylation sites is 1. The fraction of sp³-hybridized carbons (Fsp3) is 0.250. The van der Waals surface area contributed by atoms with Gasteiger partial charge in [-0.25, -0.2) is 4.98 Å². The lowest BCUT2D eigenvalue weighted by atomic mass is 10.1. The SMILES string of the molecule is CN1CCN(c2ccc3nc4n(c(=O)c3c2)-c2ccccc2C4=O)CC1. The average Bonchev–Trinajstić information content (AvgIpc) is 2.95. The second kappa shape index (κ2) is 5.51. The molecular formula is C20H18N4O2. The molecule has 1 aromatic heterocycles. The highest BCUT2D eigenvalue weighted by Crippen LogP contribution is 2.27. The number of rotatable bonds is 1. The van der Waals surface area contributed by atoms with Crippen LogP contribution in [0.25, 0.3) is 16.6 Å². The maximum absolute atomic E-state index is 13.2. The molecule has 3 heterocycles. The number of hydrogen-bond acceptors (Lipinski definition) is 5. The van der Waals surface area contributed by atoms with Crippen molar-refractivity contribution in [1.82, 2.24) is 14.5 Å². The predicted molar refractivity (Wildman–Crippen MR) is 100 cm³/mol. The quantitative estimate of drug-likeness (QED) is 0.525. The van der Waals surface area contributed by atoms with Crippen molar-refractivity contribution in [2.45, 2.75) is 0 Å². The Morgan fingerprint density at radius 3 is 2.54 bits per heavy atom. The first kappa shape index (κ1) is 15.3. The molecule has 5 rings (SSSR count). The maximum atomic E-state index is 13.2. The summed E-state index contributed by atoms with van der Waals surface area (Å²) in [5.41, 5.74) is 2.57. The largest absolute Gasteiger partial charge is 0.369 e. The van der Waals surface area contributed by atoms with Crippen LogP contribution in [-0.2, 0) is 0 Å². The molecule has 0 bridgehead atoms. The van der Waals surface area contributed by atoms with Crippen LogP contribution in [0.5, 0.6) is 0 Å². The third kappa shape index (κ3) is 2.12. The zero-order valence-electron chi connectivity index (χ0n) is 14.5. The minimum absolute atomic E-state index is 0.181. The van der Waals surface area contributed by atoms with Gasteiger partial charge in [-0.1, -0.05) is 12.1 Å². The molecule has 3 aromatic rings. The lowest BCUT2D eigenvalue weighted by molar-refractivity contribution is 0.103. The molecule has 6 nitrogen and oxygen atoms in total. The van der Waals surface area contributed by atoms with Crippen molar-refractivity contribution in [1.29, 1.82) is 0 Å². The van der Waals surface area contributed by atoms with Gasteiger partial charge in [0.2, 0.25) is 5.78 Å². The normalized spacial score (nSPS) is 16.8. The Morgan fingerprint density at radius 2 is 1.73 bits per heavy atom. The van der Waals surface area contributed by atoms with E-state index in [0.29, 0.717) is 22.2 Å². The Balaban J connectivity index is 1.68. The van der Waals surface area contributed by atoms with E-state index in [1.165, 1.54) is 4.57 Å². The van der Waals surface area contributed by atoms with Gasteiger partial charge in [-0.3, -0.25) is 14.2 Å². The number of carbonyl (C=O) groups excluding carboxylic acids is 1. The number of ketones is 1. The van der Waals surface area contributed by atoms with Crippen molar-refractivity contribution in [2.75, 3.05) is 38.1 Å². The first-order valence-electron chi connectivity index (χ1n) is 8.78. The smallest absolute Gasteiger partial charge is 0.266 e. The van der Waals surface area contributed by atoms with Gasteiger partial charge in [0, 0.05) is 31.9 Å². The summed E-state index contributed by atoms with van der Waals surface area (Å²) in [6, 6.07) is 12.9. The molecule has 26 heavy (non-hydrogen) atoms. The summed E-state index contributed by atoms with van der Waals surface area (Å²) in [5, 5.41) is 0.551. The third-order valence-corrected chi connectivity index (χ3v) is 5.31. The van der Waals surface area contributed by atoms with Gasteiger partial charge < -0.3 is 9.80 Å². The zero-order chi connectivity index (χ0) is 17.8. The summed E-state index contributed by atoms with van der Waals surface area (Å²) in [7, 11) is 2.12. The van der Waals surface area contributed by atoms with Crippen LogP contribution in [0.15, 0.2) is 47.3 Å². The molecule has 2 aliphatic heterocycles. The molecule has 0 aliphatic carbocycles. The minimum Gasteiger partial charge on any atom is -0.369 e. The number of hydrogen-bond donors (Lipinski definition) is 0. The van der Waals surface area contributed by atoms with Crippen LogP contribution in [0, 0.1) is 0 Å². The highest BCUT2D eigenvalue weighted by Gasteiger charge is 2.30. The molecule has 2 aromatic carbocycles. The van der Waals surface area contributed by atoms with E-state index in [-0.39, 0.29) is 17.2 Å². The molecule has 0 amide bonds. The zero-order valence-corrected chi connectivity index (χ0v) is 14.5. The predicted octanol–water partition coefficient (Wildman–Crippen LogP) is 1.68. The molecule has 0 spiro atoms. The van der Waals surface area contributed by atoms with E-state index in [1.807, 2.05) is 24.3 Å². The van der Waals surface area contributed by atoms with E-state index >= 15 is 0 Å². The van der Waals surface area contributed by atoms with Crippen LogP contribution in [0.4, 0.5) is 5.69 Å². The number of carbonyl (C=O) groups is 1. The van der Waals surface area contributed by atoms with Crippen LogP contribution in [0.1, 0.15) is 16.2 Å². The summed E-state index contributed by atoms with van der Waals surface area (Å²) >= 11 is 0. The summed E-state index contributed by atoms with van der Waals surface area (Å²) < 4.78 is 1.45. The molecule has 1 fully saturated rings.